The molecule has 0 aliphatic rings. The zero-order valence-electron chi connectivity index (χ0n) is 14.0. The number of nitrogens with two attached hydrogens (primary N) is 1. The molecule has 4 rings (SSSR count). The normalized spacial score (nSPS) is 10.5. The molecule has 7 heteroatoms. The van der Waals surface area contributed by atoms with Crippen molar-refractivity contribution in [1.29, 1.82) is 5.26 Å². The molecule has 3 heterocycles. The molecule has 2 N–H and O–H groups in total. The second kappa shape index (κ2) is 6.69. The highest BCUT2D eigenvalue weighted by Crippen LogP contribution is 2.30. The van der Waals surface area contributed by atoms with E-state index in [2.05, 4.69) is 21.1 Å². The van der Waals surface area contributed by atoms with Gasteiger partial charge in [-0.15, -0.1) is 0 Å². The van der Waals surface area contributed by atoms with Crippen LogP contribution in [-0.2, 0) is 0 Å². The number of hydrogen-bond acceptors (Lipinski definition) is 5. The number of hydrogen-bond donors (Lipinski definition) is 1. The number of halogens is 1. The number of nitrogens with zero attached hydrogens (tertiary/aromatic N) is 5. The molecular formula is C20H13FN6. The number of aromatic nitrogens is 4. The summed E-state index contributed by atoms with van der Waals surface area (Å²) in [6.45, 7) is 0. The summed E-state index contributed by atoms with van der Waals surface area (Å²) in [7, 11) is 0. The lowest BCUT2D eigenvalue weighted by Crippen LogP contribution is -2.00. The Bertz CT molecular complexity index is 1140. The molecule has 130 valence electrons. The summed E-state index contributed by atoms with van der Waals surface area (Å²) < 4.78 is 14.7. The smallest absolute Gasteiger partial charge is 0.142 e. The Labute approximate surface area is 154 Å². The first-order chi connectivity index (χ1) is 13.2. The first kappa shape index (κ1) is 16.4. The van der Waals surface area contributed by atoms with E-state index in [0.717, 1.165) is 0 Å². The minimum Gasteiger partial charge on any atom is -0.383 e. The lowest BCUT2D eigenvalue weighted by molar-refractivity contribution is 0.627. The van der Waals surface area contributed by atoms with E-state index < -0.39 is 0 Å². The number of benzene rings is 1. The maximum Gasteiger partial charge on any atom is 0.142 e. The fraction of sp³-hybridized carbons (Fsp3) is 0. The van der Waals surface area contributed by atoms with Crippen LogP contribution in [0.25, 0.3) is 28.2 Å². The van der Waals surface area contributed by atoms with Crippen molar-refractivity contribution >= 4 is 5.82 Å². The summed E-state index contributed by atoms with van der Waals surface area (Å²) in [6.07, 6.45) is 5.05. The molecular weight excluding hydrogens is 343 g/mol. The van der Waals surface area contributed by atoms with Crippen molar-refractivity contribution in [3.63, 3.8) is 0 Å². The van der Waals surface area contributed by atoms with Crippen LogP contribution in [0.5, 0.6) is 0 Å². The van der Waals surface area contributed by atoms with Crippen molar-refractivity contribution in [2.75, 3.05) is 5.73 Å². The SMILES string of the molecule is N#Cc1c(-c2cnn(-c3ccc(F)cc3)c2)cc(-c2ccccn2)nc1N. The molecule has 0 aliphatic heterocycles. The molecule has 0 fully saturated rings. The first-order valence-electron chi connectivity index (χ1n) is 8.09. The van der Waals surface area contributed by atoms with Gasteiger partial charge in [-0.05, 0) is 42.5 Å². The van der Waals surface area contributed by atoms with Crippen LogP contribution in [0.1, 0.15) is 5.56 Å². The van der Waals surface area contributed by atoms with Crippen LogP contribution >= 0.6 is 0 Å². The number of nitrogen functional groups attached to an aromatic ring is 1. The third kappa shape index (κ3) is 3.12. The van der Waals surface area contributed by atoms with E-state index in [4.69, 9.17) is 5.73 Å². The van der Waals surface area contributed by atoms with Crippen molar-refractivity contribution < 1.29 is 4.39 Å². The quantitative estimate of drug-likeness (QED) is 0.605. The van der Waals surface area contributed by atoms with E-state index in [0.29, 0.717) is 28.2 Å². The predicted molar refractivity (Wildman–Crippen MR) is 99.1 cm³/mol. The zero-order valence-corrected chi connectivity index (χ0v) is 14.0. The third-order valence-electron chi connectivity index (χ3n) is 4.07. The fourth-order valence-electron chi connectivity index (χ4n) is 2.75. The lowest BCUT2D eigenvalue weighted by Gasteiger charge is -2.08. The topological polar surface area (TPSA) is 93.4 Å². The van der Waals surface area contributed by atoms with E-state index in [-0.39, 0.29) is 17.2 Å². The van der Waals surface area contributed by atoms with Crippen LogP contribution in [0.2, 0.25) is 0 Å². The van der Waals surface area contributed by atoms with Crippen LogP contribution < -0.4 is 5.73 Å². The molecule has 0 bridgehead atoms. The van der Waals surface area contributed by atoms with Crippen LogP contribution in [0.15, 0.2) is 67.1 Å². The van der Waals surface area contributed by atoms with Gasteiger partial charge >= 0.3 is 0 Å². The zero-order chi connectivity index (χ0) is 18.8. The monoisotopic (exact) mass is 356 g/mol. The Morgan fingerprint density at radius 2 is 1.89 bits per heavy atom. The molecule has 0 aliphatic carbocycles. The number of rotatable bonds is 3. The van der Waals surface area contributed by atoms with Crippen LogP contribution in [0.3, 0.4) is 0 Å². The largest absolute Gasteiger partial charge is 0.383 e. The lowest BCUT2D eigenvalue weighted by atomic mass is 10.0. The number of nitriles is 1. The number of anilines is 1. The second-order valence-electron chi connectivity index (χ2n) is 5.79. The molecule has 0 radical (unpaired) electrons. The van der Waals surface area contributed by atoms with Gasteiger partial charge in [-0.1, -0.05) is 6.07 Å². The third-order valence-corrected chi connectivity index (χ3v) is 4.07. The summed E-state index contributed by atoms with van der Waals surface area (Å²) in [4.78, 5) is 8.58. The predicted octanol–water partition coefficient (Wildman–Crippen LogP) is 3.59. The molecule has 4 aromatic rings. The second-order valence-corrected chi connectivity index (χ2v) is 5.79. The highest BCUT2D eigenvalue weighted by Gasteiger charge is 2.15. The van der Waals surface area contributed by atoms with Crippen LogP contribution in [-0.4, -0.2) is 19.7 Å². The van der Waals surface area contributed by atoms with Crippen LogP contribution in [0, 0.1) is 17.1 Å². The molecule has 27 heavy (non-hydrogen) atoms. The summed E-state index contributed by atoms with van der Waals surface area (Å²) in [6, 6.07) is 15.3. The standard InChI is InChI=1S/C20H13FN6/c21-14-4-6-15(7-5-14)27-12-13(11-25-27)16-9-19(18-3-1-2-8-24-18)26-20(23)17(16)10-22/h1-9,11-12H,(H2,23,26). The summed E-state index contributed by atoms with van der Waals surface area (Å²) in [5.41, 5.74) is 9.51. The average molecular weight is 356 g/mol. The highest BCUT2D eigenvalue weighted by molar-refractivity contribution is 5.79. The van der Waals surface area contributed by atoms with Gasteiger partial charge < -0.3 is 5.73 Å². The molecule has 0 saturated carbocycles. The van der Waals surface area contributed by atoms with Gasteiger partial charge in [0, 0.05) is 23.5 Å². The van der Waals surface area contributed by atoms with Crippen molar-refractivity contribution in [3.05, 3.63) is 78.5 Å². The van der Waals surface area contributed by atoms with Gasteiger partial charge in [0.25, 0.3) is 0 Å². The Balaban J connectivity index is 1.83. The van der Waals surface area contributed by atoms with Gasteiger partial charge in [-0.3, -0.25) is 4.98 Å². The van der Waals surface area contributed by atoms with Crippen molar-refractivity contribution in [1.82, 2.24) is 19.7 Å². The molecule has 0 unspecified atom stereocenters. The van der Waals surface area contributed by atoms with Gasteiger partial charge in [0.1, 0.15) is 23.3 Å². The molecule has 0 saturated heterocycles. The van der Waals surface area contributed by atoms with Crippen molar-refractivity contribution in [2.24, 2.45) is 0 Å². The molecule has 0 spiro atoms. The molecule has 6 nitrogen and oxygen atoms in total. The maximum atomic E-state index is 13.1. The summed E-state index contributed by atoms with van der Waals surface area (Å²) in [5.74, 6) is -0.190. The Kier molecular flexibility index (Phi) is 4.07. The minimum atomic E-state index is -0.320. The van der Waals surface area contributed by atoms with Gasteiger partial charge in [0.15, 0.2) is 0 Å². The molecule has 0 amide bonds. The van der Waals surface area contributed by atoms with Crippen LogP contribution in [0.4, 0.5) is 10.2 Å². The maximum absolute atomic E-state index is 13.1. The fourth-order valence-corrected chi connectivity index (χ4v) is 2.75. The molecule has 3 aromatic heterocycles. The van der Waals surface area contributed by atoms with E-state index >= 15 is 0 Å². The Morgan fingerprint density at radius 3 is 2.59 bits per heavy atom. The van der Waals surface area contributed by atoms with Gasteiger partial charge in [0.2, 0.25) is 0 Å². The molecule has 1 aromatic carbocycles. The van der Waals surface area contributed by atoms with E-state index in [1.54, 1.807) is 41.5 Å². The molecule has 0 atom stereocenters. The highest BCUT2D eigenvalue weighted by atomic mass is 19.1. The Hall–Kier alpha value is -4.05. The number of pyridine rings is 2. The van der Waals surface area contributed by atoms with Gasteiger partial charge in [0.05, 0.1) is 23.3 Å². The van der Waals surface area contributed by atoms with Crippen molar-refractivity contribution in [3.8, 4) is 34.3 Å². The van der Waals surface area contributed by atoms with E-state index in [1.165, 1.54) is 12.1 Å². The Morgan fingerprint density at radius 1 is 1.07 bits per heavy atom. The van der Waals surface area contributed by atoms with Crippen molar-refractivity contribution in [2.45, 2.75) is 0 Å². The van der Waals surface area contributed by atoms with E-state index in [1.807, 2.05) is 18.2 Å². The van der Waals surface area contributed by atoms with Gasteiger partial charge in [-0.25, -0.2) is 14.1 Å². The average Bonchev–Trinajstić information content (AvgIpc) is 3.18. The van der Waals surface area contributed by atoms with E-state index in [9.17, 15) is 9.65 Å². The van der Waals surface area contributed by atoms with Gasteiger partial charge in [-0.2, -0.15) is 10.4 Å². The minimum absolute atomic E-state index is 0.130. The summed E-state index contributed by atoms with van der Waals surface area (Å²) in [5, 5.41) is 13.8. The first-order valence-corrected chi connectivity index (χ1v) is 8.09. The summed E-state index contributed by atoms with van der Waals surface area (Å²) >= 11 is 0.